The Bertz CT molecular complexity index is 557. The zero-order valence-corrected chi connectivity index (χ0v) is 12.1. The molecule has 0 atom stereocenters. The SMILES string of the molecule is Cc1ccc(-c2csc(C(C)(C)CO)n2)cc1C. The Morgan fingerprint density at radius 1 is 1.22 bits per heavy atom. The Labute approximate surface area is 112 Å². The van der Waals surface area contributed by atoms with Crippen LogP contribution in [-0.2, 0) is 5.41 Å². The Morgan fingerprint density at radius 2 is 1.94 bits per heavy atom. The van der Waals surface area contributed by atoms with E-state index in [-0.39, 0.29) is 12.0 Å². The second kappa shape index (κ2) is 4.82. The van der Waals surface area contributed by atoms with Crippen LogP contribution in [0.1, 0.15) is 30.0 Å². The van der Waals surface area contributed by atoms with Crippen molar-refractivity contribution in [2.45, 2.75) is 33.1 Å². The molecule has 1 aromatic heterocycles. The third kappa shape index (κ3) is 2.47. The lowest BCUT2D eigenvalue weighted by Gasteiger charge is -2.17. The molecule has 0 fully saturated rings. The first-order valence-electron chi connectivity index (χ1n) is 6.08. The number of thiazole rings is 1. The maximum Gasteiger partial charge on any atom is 0.101 e. The summed E-state index contributed by atoms with van der Waals surface area (Å²) in [5, 5.41) is 12.4. The quantitative estimate of drug-likeness (QED) is 0.914. The molecule has 0 aliphatic carbocycles. The van der Waals surface area contributed by atoms with Crippen LogP contribution in [0.3, 0.4) is 0 Å². The second-order valence-corrected chi connectivity index (χ2v) is 6.24. The van der Waals surface area contributed by atoms with Crippen molar-refractivity contribution in [2.75, 3.05) is 6.61 Å². The fourth-order valence-corrected chi connectivity index (χ4v) is 2.63. The van der Waals surface area contributed by atoms with Gasteiger partial charge in [-0.2, -0.15) is 0 Å². The Kier molecular flexibility index (Phi) is 3.55. The van der Waals surface area contributed by atoms with E-state index in [4.69, 9.17) is 0 Å². The highest BCUT2D eigenvalue weighted by Crippen LogP contribution is 2.30. The van der Waals surface area contributed by atoms with Crippen molar-refractivity contribution in [2.24, 2.45) is 0 Å². The van der Waals surface area contributed by atoms with Crippen molar-refractivity contribution in [3.05, 3.63) is 39.7 Å². The van der Waals surface area contributed by atoms with E-state index in [0.717, 1.165) is 16.3 Å². The highest BCUT2D eigenvalue weighted by molar-refractivity contribution is 7.10. The van der Waals surface area contributed by atoms with Gasteiger partial charge in [0.15, 0.2) is 0 Å². The number of aliphatic hydroxyl groups excluding tert-OH is 1. The van der Waals surface area contributed by atoms with Crippen LogP contribution in [0.25, 0.3) is 11.3 Å². The second-order valence-electron chi connectivity index (χ2n) is 5.38. The van der Waals surface area contributed by atoms with Gasteiger partial charge in [0.05, 0.1) is 12.3 Å². The molecule has 3 heteroatoms. The minimum absolute atomic E-state index is 0.118. The number of nitrogens with zero attached hydrogens (tertiary/aromatic N) is 1. The molecule has 2 rings (SSSR count). The zero-order chi connectivity index (χ0) is 13.3. The van der Waals surface area contributed by atoms with E-state index in [1.807, 2.05) is 13.8 Å². The van der Waals surface area contributed by atoms with Gasteiger partial charge in [-0.25, -0.2) is 4.98 Å². The Hall–Kier alpha value is -1.19. The topological polar surface area (TPSA) is 33.1 Å². The molecular weight excluding hydrogens is 242 g/mol. The van der Waals surface area contributed by atoms with Crippen molar-refractivity contribution in [1.82, 2.24) is 4.98 Å². The first-order chi connectivity index (χ1) is 8.44. The highest BCUT2D eigenvalue weighted by atomic mass is 32.1. The number of aromatic nitrogens is 1. The van der Waals surface area contributed by atoms with Gasteiger partial charge in [-0.05, 0) is 31.0 Å². The van der Waals surface area contributed by atoms with E-state index in [9.17, 15) is 5.11 Å². The Morgan fingerprint density at radius 3 is 2.56 bits per heavy atom. The van der Waals surface area contributed by atoms with Crippen molar-refractivity contribution < 1.29 is 5.11 Å². The van der Waals surface area contributed by atoms with Crippen molar-refractivity contribution in [3.8, 4) is 11.3 Å². The summed E-state index contributed by atoms with van der Waals surface area (Å²) < 4.78 is 0. The summed E-state index contributed by atoms with van der Waals surface area (Å²) in [4.78, 5) is 4.65. The van der Waals surface area contributed by atoms with Crippen molar-refractivity contribution in [1.29, 1.82) is 0 Å². The minimum atomic E-state index is -0.261. The standard InChI is InChI=1S/C15H19NOS/c1-10-5-6-12(7-11(10)2)13-8-18-14(16-13)15(3,4)9-17/h5-8,17H,9H2,1-4H3. The lowest BCUT2D eigenvalue weighted by molar-refractivity contribution is 0.218. The first-order valence-corrected chi connectivity index (χ1v) is 6.96. The summed E-state index contributed by atoms with van der Waals surface area (Å²) in [6.07, 6.45) is 0. The zero-order valence-electron chi connectivity index (χ0n) is 11.3. The molecule has 0 aliphatic heterocycles. The molecule has 2 aromatic rings. The number of benzene rings is 1. The van der Waals surface area contributed by atoms with Crippen LogP contribution in [0.4, 0.5) is 0 Å². The smallest absolute Gasteiger partial charge is 0.101 e. The summed E-state index contributed by atoms with van der Waals surface area (Å²) in [6.45, 7) is 8.36. The molecule has 18 heavy (non-hydrogen) atoms. The summed E-state index contributed by atoms with van der Waals surface area (Å²) in [5.74, 6) is 0. The fourth-order valence-electron chi connectivity index (χ4n) is 1.69. The first kappa shape index (κ1) is 13.2. The molecule has 0 saturated heterocycles. The molecule has 1 N–H and O–H groups in total. The van der Waals surface area contributed by atoms with E-state index in [1.165, 1.54) is 11.1 Å². The van der Waals surface area contributed by atoms with Crippen LogP contribution in [0.5, 0.6) is 0 Å². The number of rotatable bonds is 3. The lowest BCUT2D eigenvalue weighted by atomic mass is 9.96. The molecule has 0 amide bonds. The molecule has 1 aromatic carbocycles. The van der Waals surface area contributed by atoms with Crippen LogP contribution in [-0.4, -0.2) is 16.7 Å². The van der Waals surface area contributed by atoms with Crippen molar-refractivity contribution >= 4 is 11.3 Å². The average molecular weight is 261 g/mol. The van der Waals surface area contributed by atoms with E-state index >= 15 is 0 Å². The number of hydrogen-bond donors (Lipinski definition) is 1. The molecule has 1 heterocycles. The predicted molar refractivity (Wildman–Crippen MR) is 77.1 cm³/mol. The summed E-state index contributed by atoms with van der Waals surface area (Å²) in [6, 6.07) is 6.40. The third-order valence-corrected chi connectivity index (χ3v) is 4.49. The molecule has 0 saturated carbocycles. The maximum atomic E-state index is 9.37. The number of aliphatic hydroxyl groups is 1. The molecule has 0 radical (unpaired) electrons. The molecule has 0 spiro atoms. The van der Waals surface area contributed by atoms with Gasteiger partial charge in [0.1, 0.15) is 5.01 Å². The number of hydrogen-bond acceptors (Lipinski definition) is 3. The third-order valence-electron chi connectivity index (χ3n) is 3.28. The predicted octanol–water partition coefficient (Wildman–Crippen LogP) is 3.70. The lowest BCUT2D eigenvalue weighted by Crippen LogP contribution is -2.21. The monoisotopic (exact) mass is 261 g/mol. The summed E-state index contributed by atoms with van der Waals surface area (Å²) in [5.41, 5.74) is 4.46. The van der Waals surface area contributed by atoms with Gasteiger partial charge < -0.3 is 5.11 Å². The van der Waals surface area contributed by atoms with Gasteiger partial charge in [0.25, 0.3) is 0 Å². The van der Waals surface area contributed by atoms with Gasteiger partial charge >= 0.3 is 0 Å². The van der Waals surface area contributed by atoms with Gasteiger partial charge in [0, 0.05) is 16.4 Å². The fraction of sp³-hybridized carbons (Fsp3) is 0.400. The van der Waals surface area contributed by atoms with Crippen LogP contribution in [0.2, 0.25) is 0 Å². The molecule has 0 aliphatic rings. The van der Waals surface area contributed by atoms with E-state index in [1.54, 1.807) is 11.3 Å². The molecule has 2 nitrogen and oxygen atoms in total. The summed E-state index contributed by atoms with van der Waals surface area (Å²) >= 11 is 1.61. The van der Waals surface area contributed by atoms with E-state index in [2.05, 4.69) is 42.4 Å². The van der Waals surface area contributed by atoms with Crippen LogP contribution in [0.15, 0.2) is 23.6 Å². The normalized spacial score (nSPS) is 11.8. The van der Waals surface area contributed by atoms with Crippen LogP contribution in [0, 0.1) is 13.8 Å². The summed E-state index contributed by atoms with van der Waals surface area (Å²) in [7, 11) is 0. The molecule has 96 valence electrons. The van der Waals surface area contributed by atoms with Gasteiger partial charge in [-0.15, -0.1) is 11.3 Å². The van der Waals surface area contributed by atoms with Gasteiger partial charge in [-0.1, -0.05) is 26.0 Å². The minimum Gasteiger partial charge on any atom is -0.395 e. The van der Waals surface area contributed by atoms with Gasteiger partial charge in [0.2, 0.25) is 0 Å². The molecule has 0 unspecified atom stereocenters. The van der Waals surface area contributed by atoms with Crippen LogP contribution >= 0.6 is 11.3 Å². The maximum absolute atomic E-state index is 9.37. The van der Waals surface area contributed by atoms with Crippen molar-refractivity contribution in [3.63, 3.8) is 0 Å². The van der Waals surface area contributed by atoms with E-state index < -0.39 is 0 Å². The number of aryl methyl sites for hydroxylation is 2. The Balaban J connectivity index is 2.38. The largest absolute Gasteiger partial charge is 0.395 e. The van der Waals surface area contributed by atoms with E-state index in [0.29, 0.717) is 0 Å². The average Bonchev–Trinajstić information content (AvgIpc) is 2.83. The molecular formula is C15H19NOS. The van der Waals surface area contributed by atoms with Gasteiger partial charge in [-0.3, -0.25) is 0 Å². The highest BCUT2D eigenvalue weighted by Gasteiger charge is 2.23. The molecule has 0 bridgehead atoms. The van der Waals surface area contributed by atoms with Crippen LogP contribution < -0.4 is 0 Å².